The van der Waals surface area contributed by atoms with Crippen molar-refractivity contribution in [1.29, 1.82) is 0 Å². The number of carbonyl (C=O) groups excluding carboxylic acids is 1. The van der Waals surface area contributed by atoms with Gasteiger partial charge in [0.15, 0.2) is 14.9 Å². The van der Waals surface area contributed by atoms with Gasteiger partial charge in [0, 0.05) is 12.8 Å². The zero-order valence-electron chi connectivity index (χ0n) is 12.9. The Morgan fingerprint density at radius 2 is 2.00 bits per heavy atom. The molecule has 1 aromatic heterocycles. The Balaban J connectivity index is 2.78. The van der Waals surface area contributed by atoms with Crippen LogP contribution >= 0.6 is 0 Å². The Morgan fingerprint density at radius 3 is 2.38 bits per heavy atom. The van der Waals surface area contributed by atoms with Crippen molar-refractivity contribution in [3.8, 4) is 0 Å². The predicted octanol–water partition coefficient (Wildman–Crippen LogP) is 1.43. The van der Waals surface area contributed by atoms with Gasteiger partial charge in [0.1, 0.15) is 0 Å². The molecular formula is C14H23N3O3S. The van der Waals surface area contributed by atoms with Crippen molar-refractivity contribution < 1.29 is 13.2 Å². The lowest BCUT2D eigenvalue weighted by atomic mass is 9.84. The summed E-state index contributed by atoms with van der Waals surface area (Å²) in [4.78, 5) is 16.0. The second-order valence-electron chi connectivity index (χ2n) is 6.34. The highest BCUT2D eigenvalue weighted by molar-refractivity contribution is 7.90. The molecule has 0 radical (unpaired) electrons. The zero-order chi connectivity index (χ0) is 16.3. The number of hydrogen-bond acceptors (Lipinski definition) is 5. The second kappa shape index (κ2) is 6.53. The molecule has 0 aliphatic heterocycles. The summed E-state index contributed by atoms with van der Waals surface area (Å²) < 4.78 is 22.6. The summed E-state index contributed by atoms with van der Waals surface area (Å²) in [6, 6.07) is 2.89. The molecule has 1 atom stereocenters. The third kappa shape index (κ3) is 5.81. The second-order valence-corrected chi connectivity index (χ2v) is 8.31. The first-order chi connectivity index (χ1) is 9.53. The number of rotatable bonds is 5. The number of pyridine rings is 1. The lowest BCUT2D eigenvalue weighted by Crippen LogP contribution is -2.32. The number of carbonyl (C=O) groups is 1. The maximum Gasteiger partial charge on any atom is 0.228 e. The molecule has 0 bridgehead atoms. The van der Waals surface area contributed by atoms with Crippen LogP contribution in [0.1, 0.15) is 27.2 Å². The van der Waals surface area contributed by atoms with Crippen LogP contribution in [0, 0.1) is 11.3 Å². The van der Waals surface area contributed by atoms with Crippen molar-refractivity contribution >= 4 is 21.4 Å². The first-order valence-electron chi connectivity index (χ1n) is 6.70. The smallest absolute Gasteiger partial charge is 0.228 e. The van der Waals surface area contributed by atoms with Crippen LogP contribution in [0.25, 0.3) is 0 Å². The quantitative estimate of drug-likeness (QED) is 0.856. The molecule has 3 N–H and O–H groups in total. The number of nitrogens with zero attached hydrogens (tertiary/aromatic N) is 1. The summed E-state index contributed by atoms with van der Waals surface area (Å²) in [6.07, 6.45) is 3.09. The predicted molar refractivity (Wildman–Crippen MR) is 82.6 cm³/mol. The van der Waals surface area contributed by atoms with Crippen LogP contribution in [0.5, 0.6) is 0 Å². The fraction of sp³-hybridized carbons (Fsp3) is 0.571. The van der Waals surface area contributed by atoms with E-state index in [1.165, 1.54) is 18.3 Å². The van der Waals surface area contributed by atoms with E-state index in [0.717, 1.165) is 6.26 Å². The van der Waals surface area contributed by atoms with Gasteiger partial charge in [-0.25, -0.2) is 13.4 Å². The third-order valence-electron chi connectivity index (χ3n) is 2.90. The van der Waals surface area contributed by atoms with Gasteiger partial charge < -0.3 is 11.1 Å². The highest BCUT2D eigenvalue weighted by Crippen LogP contribution is 2.24. The molecule has 7 heteroatoms. The molecule has 1 heterocycles. The molecule has 0 aromatic carbocycles. The average Bonchev–Trinajstić information content (AvgIpc) is 2.34. The first kappa shape index (κ1) is 17.6. The van der Waals surface area contributed by atoms with Crippen LogP contribution in [0.3, 0.4) is 0 Å². The van der Waals surface area contributed by atoms with Crippen LogP contribution in [0.2, 0.25) is 0 Å². The molecule has 6 nitrogen and oxygen atoms in total. The van der Waals surface area contributed by atoms with Crippen molar-refractivity contribution in [3.63, 3.8) is 0 Å². The molecule has 0 saturated carbocycles. The van der Waals surface area contributed by atoms with Crippen molar-refractivity contribution in [3.05, 3.63) is 18.3 Å². The summed E-state index contributed by atoms with van der Waals surface area (Å²) in [7, 11) is -3.34. The van der Waals surface area contributed by atoms with Gasteiger partial charge in [-0.05, 0) is 24.0 Å². The number of amides is 1. The molecule has 1 rings (SSSR count). The Labute approximate surface area is 126 Å². The van der Waals surface area contributed by atoms with Crippen LogP contribution in [0.15, 0.2) is 23.4 Å². The Morgan fingerprint density at radius 1 is 1.38 bits per heavy atom. The van der Waals surface area contributed by atoms with Gasteiger partial charge in [0.05, 0.1) is 17.8 Å². The van der Waals surface area contributed by atoms with E-state index in [1.807, 2.05) is 20.8 Å². The van der Waals surface area contributed by atoms with Gasteiger partial charge in [-0.1, -0.05) is 20.8 Å². The van der Waals surface area contributed by atoms with Gasteiger partial charge in [-0.15, -0.1) is 0 Å². The summed E-state index contributed by atoms with van der Waals surface area (Å²) >= 11 is 0. The Kier molecular flexibility index (Phi) is 5.47. The number of nitrogens with two attached hydrogens (primary N) is 1. The number of sulfone groups is 1. The van der Waals surface area contributed by atoms with E-state index in [0.29, 0.717) is 12.1 Å². The molecule has 21 heavy (non-hydrogen) atoms. The Bertz CT molecular complexity index is 589. The molecule has 0 saturated heterocycles. The van der Waals surface area contributed by atoms with Gasteiger partial charge in [0.25, 0.3) is 0 Å². The monoisotopic (exact) mass is 313 g/mol. The van der Waals surface area contributed by atoms with E-state index in [4.69, 9.17) is 5.73 Å². The normalized spacial score (nSPS) is 13.8. The van der Waals surface area contributed by atoms with Crippen molar-refractivity contribution in [1.82, 2.24) is 4.98 Å². The summed E-state index contributed by atoms with van der Waals surface area (Å²) in [5, 5.41) is 2.70. The average molecular weight is 313 g/mol. The minimum Gasteiger partial charge on any atom is -0.330 e. The lowest BCUT2D eigenvalue weighted by molar-refractivity contribution is -0.120. The molecule has 0 aliphatic rings. The summed E-state index contributed by atoms with van der Waals surface area (Å²) in [5.74, 6) is -0.471. The van der Waals surface area contributed by atoms with Gasteiger partial charge >= 0.3 is 0 Å². The largest absolute Gasteiger partial charge is 0.330 e. The van der Waals surface area contributed by atoms with E-state index < -0.39 is 9.84 Å². The van der Waals surface area contributed by atoms with E-state index >= 15 is 0 Å². The topological polar surface area (TPSA) is 102 Å². The fourth-order valence-corrected chi connectivity index (χ4v) is 2.50. The highest BCUT2D eigenvalue weighted by atomic mass is 32.2. The van der Waals surface area contributed by atoms with E-state index in [1.54, 1.807) is 0 Å². The van der Waals surface area contributed by atoms with Gasteiger partial charge in [-0.2, -0.15) is 0 Å². The number of anilines is 1. The van der Waals surface area contributed by atoms with Gasteiger partial charge in [-0.3, -0.25) is 4.79 Å². The summed E-state index contributed by atoms with van der Waals surface area (Å²) in [6.45, 7) is 6.40. The summed E-state index contributed by atoms with van der Waals surface area (Å²) in [5.41, 5.74) is 6.12. The van der Waals surface area contributed by atoms with E-state index in [9.17, 15) is 13.2 Å². The van der Waals surface area contributed by atoms with Crippen molar-refractivity contribution in [2.24, 2.45) is 17.1 Å². The molecule has 1 amide bonds. The SMILES string of the molecule is CC(C)(C)CC(CN)C(=O)Nc1ccc(S(C)(=O)=O)nc1. The standard InChI is InChI=1S/C14H23N3O3S/c1-14(2,3)7-10(8-15)13(18)17-11-5-6-12(16-9-11)21(4,19)20/h5-6,9-10H,7-8,15H2,1-4H3,(H,17,18). The van der Waals surface area contributed by atoms with E-state index in [2.05, 4.69) is 10.3 Å². The van der Waals surface area contributed by atoms with Gasteiger partial charge in [0.2, 0.25) is 5.91 Å². The van der Waals surface area contributed by atoms with Crippen LogP contribution in [0.4, 0.5) is 5.69 Å². The molecule has 1 aromatic rings. The first-order valence-corrected chi connectivity index (χ1v) is 8.59. The number of nitrogens with one attached hydrogen (secondary N) is 1. The third-order valence-corrected chi connectivity index (χ3v) is 3.90. The van der Waals surface area contributed by atoms with Crippen molar-refractivity contribution in [2.45, 2.75) is 32.2 Å². The highest BCUT2D eigenvalue weighted by Gasteiger charge is 2.23. The Hall–Kier alpha value is -1.47. The van der Waals surface area contributed by atoms with Crippen LogP contribution in [-0.4, -0.2) is 32.1 Å². The van der Waals surface area contributed by atoms with E-state index in [-0.39, 0.29) is 28.8 Å². The maximum absolute atomic E-state index is 12.2. The molecule has 118 valence electrons. The number of aromatic nitrogens is 1. The number of hydrogen-bond donors (Lipinski definition) is 2. The molecule has 1 unspecified atom stereocenters. The molecule has 0 aliphatic carbocycles. The minimum atomic E-state index is -3.34. The van der Waals surface area contributed by atoms with Crippen LogP contribution < -0.4 is 11.1 Å². The molecule has 0 spiro atoms. The lowest BCUT2D eigenvalue weighted by Gasteiger charge is -2.24. The fourth-order valence-electron chi connectivity index (χ4n) is 1.94. The van der Waals surface area contributed by atoms with Crippen LogP contribution in [-0.2, 0) is 14.6 Å². The molecular weight excluding hydrogens is 290 g/mol. The zero-order valence-corrected chi connectivity index (χ0v) is 13.7. The minimum absolute atomic E-state index is 0.000225. The van der Waals surface area contributed by atoms with Crippen molar-refractivity contribution in [2.75, 3.05) is 18.1 Å². The maximum atomic E-state index is 12.2. The molecule has 0 fully saturated rings.